The minimum Gasteiger partial charge on any atom is -0.491 e. The van der Waals surface area contributed by atoms with Crippen molar-refractivity contribution in [3.05, 3.63) is 48.5 Å². The monoisotopic (exact) mass is 247 g/mol. The average molecular weight is 247 g/mol. The fourth-order valence-electron chi connectivity index (χ4n) is 1.60. The maximum atomic E-state index is 9.79. The third-order valence-electron chi connectivity index (χ3n) is 2.58. The number of imidazole rings is 1. The molecule has 0 aliphatic carbocycles. The van der Waals surface area contributed by atoms with E-state index in [9.17, 15) is 5.11 Å². The molecule has 1 unspecified atom stereocenters. The van der Waals surface area contributed by atoms with E-state index in [-0.39, 0.29) is 6.61 Å². The van der Waals surface area contributed by atoms with Crippen molar-refractivity contribution in [1.82, 2.24) is 9.55 Å². The Balaban J connectivity index is 1.79. The molecule has 0 fully saturated rings. The van der Waals surface area contributed by atoms with Gasteiger partial charge in [-0.05, 0) is 17.7 Å². The van der Waals surface area contributed by atoms with Gasteiger partial charge in [0.1, 0.15) is 18.5 Å². The van der Waals surface area contributed by atoms with Crippen LogP contribution in [0.4, 0.5) is 0 Å². The number of rotatable bonds is 6. The van der Waals surface area contributed by atoms with Crippen molar-refractivity contribution < 1.29 is 9.84 Å². The molecule has 2 aromatic rings. The fraction of sp³-hybridized carbons (Fsp3) is 0.308. The summed E-state index contributed by atoms with van der Waals surface area (Å²) < 4.78 is 7.30. The van der Waals surface area contributed by atoms with Gasteiger partial charge in [0.05, 0.1) is 12.9 Å². The molecular weight excluding hydrogens is 230 g/mol. The molecule has 2 rings (SSSR count). The number of aliphatic hydroxyl groups excluding tert-OH is 1. The molecule has 0 saturated heterocycles. The van der Waals surface area contributed by atoms with Gasteiger partial charge in [-0.15, -0.1) is 0 Å². The Kier molecular flexibility index (Phi) is 4.33. The van der Waals surface area contributed by atoms with Crippen LogP contribution in [0.25, 0.3) is 0 Å². The van der Waals surface area contributed by atoms with Crippen LogP contribution < -0.4 is 10.5 Å². The number of ether oxygens (including phenoxy) is 1. The summed E-state index contributed by atoms with van der Waals surface area (Å²) in [6, 6.07) is 7.54. The highest BCUT2D eigenvalue weighted by Gasteiger charge is 2.06. The summed E-state index contributed by atoms with van der Waals surface area (Å²) in [6.45, 7) is 1.24. The van der Waals surface area contributed by atoms with Gasteiger partial charge in [-0.3, -0.25) is 0 Å². The van der Waals surface area contributed by atoms with Crippen LogP contribution in [0, 0.1) is 0 Å². The van der Waals surface area contributed by atoms with Crippen LogP contribution in [0.1, 0.15) is 5.56 Å². The third-order valence-corrected chi connectivity index (χ3v) is 2.58. The molecule has 0 saturated carbocycles. The van der Waals surface area contributed by atoms with Gasteiger partial charge in [-0.1, -0.05) is 12.1 Å². The van der Waals surface area contributed by atoms with E-state index in [1.807, 2.05) is 28.8 Å². The molecule has 0 radical (unpaired) electrons. The third kappa shape index (κ3) is 3.58. The van der Waals surface area contributed by atoms with Gasteiger partial charge in [0, 0.05) is 18.9 Å². The van der Waals surface area contributed by atoms with Gasteiger partial charge in [0.2, 0.25) is 0 Å². The van der Waals surface area contributed by atoms with Crippen LogP contribution >= 0.6 is 0 Å². The Morgan fingerprint density at radius 1 is 1.33 bits per heavy atom. The van der Waals surface area contributed by atoms with E-state index in [0.29, 0.717) is 13.1 Å². The molecule has 1 heterocycles. The molecule has 96 valence electrons. The largest absolute Gasteiger partial charge is 0.491 e. The summed E-state index contributed by atoms with van der Waals surface area (Å²) in [5.74, 6) is 0.733. The lowest BCUT2D eigenvalue weighted by Gasteiger charge is -2.13. The van der Waals surface area contributed by atoms with Crippen molar-refractivity contribution in [3.63, 3.8) is 0 Å². The zero-order valence-corrected chi connectivity index (χ0v) is 10.1. The highest BCUT2D eigenvalue weighted by molar-refractivity contribution is 5.27. The lowest BCUT2D eigenvalue weighted by Crippen LogP contribution is -2.22. The summed E-state index contributed by atoms with van der Waals surface area (Å²) in [4.78, 5) is 3.91. The quantitative estimate of drug-likeness (QED) is 0.791. The first-order valence-corrected chi connectivity index (χ1v) is 5.83. The zero-order valence-electron chi connectivity index (χ0n) is 10.1. The SMILES string of the molecule is NCc1ccc(OCC(O)Cn2ccnc2)cc1. The Morgan fingerprint density at radius 3 is 2.72 bits per heavy atom. The average Bonchev–Trinajstić information content (AvgIpc) is 2.90. The molecule has 1 aromatic heterocycles. The number of hydrogen-bond donors (Lipinski definition) is 2. The normalized spacial score (nSPS) is 12.3. The predicted molar refractivity (Wildman–Crippen MR) is 68.1 cm³/mol. The van der Waals surface area contributed by atoms with Crippen LogP contribution in [0.2, 0.25) is 0 Å². The highest BCUT2D eigenvalue weighted by Crippen LogP contribution is 2.12. The van der Waals surface area contributed by atoms with Crippen molar-refractivity contribution in [2.24, 2.45) is 5.73 Å². The molecule has 18 heavy (non-hydrogen) atoms. The van der Waals surface area contributed by atoms with Gasteiger partial charge in [0.15, 0.2) is 0 Å². The number of nitrogens with zero attached hydrogens (tertiary/aromatic N) is 2. The van der Waals surface area contributed by atoms with E-state index in [1.165, 1.54) is 0 Å². The van der Waals surface area contributed by atoms with Crippen molar-refractivity contribution in [2.45, 2.75) is 19.2 Å². The first-order chi connectivity index (χ1) is 8.78. The Labute approximate surface area is 106 Å². The first-order valence-electron chi connectivity index (χ1n) is 5.83. The van der Waals surface area contributed by atoms with E-state index in [2.05, 4.69) is 4.98 Å². The lowest BCUT2D eigenvalue weighted by atomic mass is 10.2. The summed E-state index contributed by atoms with van der Waals surface area (Å²) in [7, 11) is 0. The van der Waals surface area contributed by atoms with Gasteiger partial charge in [0.25, 0.3) is 0 Å². The summed E-state index contributed by atoms with van der Waals surface area (Å²) in [6.07, 6.45) is 4.59. The van der Waals surface area contributed by atoms with Crippen LogP contribution in [0.5, 0.6) is 5.75 Å². The van der Waals surface area contributed by atoms with E-state index in [1.54, 1.807) is 18.7 Å². The fourth-order valence-corrected chi connectivity index (χ4v) is 1.60. The topological polar surface area (TPSA) is 73.3 Å². The van der Waals surface area contributed by atoms with Crippen LogP contribution in [-0.2, 0) is 13.1 Å². The number of nitrogens with two attached hydrogens (primary N) is 1. The minimum absolute atomic E-state index is 0.250. The smallest absolute Gasteiger partial charge is 0.119 e. The maximum Gasteiger partial charge on any atom is 0.119 e. The molecule has 5 heteroatoms. The lowest BCUT2D eigenvalue weighted by molar-refractivity contribution is 0.0924. The molecule has 3 N–H and O–H groups in total. The summed E-state index contributed by atoms with van der Waals surface area (Å²) >= 11 is 0. The second kappa shape index (κ2) is 6.18. The Bertz CT molecular complexity index is 454. The Morgan fingerprint density at radius 2 is 2.11 bits per heavy atom. The second-order valence-corrected chi connectivity index (χ2v) is 4.07. The van der Waals surface area contributed by atoms with Crippen molar-refractivity contribution in [1.29, 1.82) is 0 Å². The molecule has 0 spiro atoms. The van der Waals surface area contributed by atoms with E-state index >= 15 is 0 Å². The highest BCUT2D eigenvalue weighted by atomic mass is 16.5. The predicted octanol–water partition coefficient (Wildman–Crippen LogP) is 0.782. The Hall–Kier alpha value is -1.85. The standard InChI is InChI=1S/C13H17N3O2/c14-7-11-1-3-13(4-2-11)18-9-12(17)8-16-6-5-15-10-16/h1-6,10,12,17H,7-9,14H2. The molecular formula is C13H17N3O2. The van der Waals surface area contributed by atoms with Crippen LogP contribution in [-0.4, -0.2) is 27.4 Å². The summed E-state index contributed by atoms with van der Waals surface area (Å²) in [5.41, 5.74) is 6.57. The van der Waals surface area contributed by atoms with Crippen molar-refractivity contribution in [2.75, 3.05) is 6.61 Å². The minimum atomic E-state index is -0.562. The van der Waals surface area contributed by atoms with Crippen molar-refractivity contribution in [3.8, 4) is 5.75 Å². The van der Waals surface area contributed by atoms with Gasteiger partial charge >= 0.3 is 0 Å². The molecule has 0 aliphatic heterocycles. The zero-order chi connectivity index (χ0) is 12.8. The van der Waals surface area contributed by atoms with Crippen LogP contribution in [0.15, 0.2) is 43.0 Å². The second-order valence-electron chi connectivity index (χ2n) is 4.07. The maximum absolute atomic E-state index is 9.79. The van der Waals surface area contributed by atoms with E-state index in [0.717, 1.165) is 11.3 Å². The number of benzene rings is 1. The van der Waals surface area contributed by atoms with Crippen LogP contribution in [0.3, 0.4) is 0 Å². The van der Waals surface area contributed by atoms with E-state index < -0.39 is 6.10 Å². The molecule has 0 amide bonds. The molecule has 1 aromatic carbocycles. The van der Waals surface area contributed by atoms with Crippen molar-refractivity contribution >= 4 is 0 Å². The number of aromatic nitrogens is 2. The van der Waals surface area contributed by atoms with Gasteiger partial charge in [-0.2, -0.15) is 0 Å². The molecule has 5 nitrogen and oxygen atoms in total. The summed E-state index contributed by atoms with van der Waals surface area (Å²) in [5, 5.41) is 9.79. The first kappa shape index (κ1) is 12.6. The van der Waals surface area contributed by atoms with Gasteiger partial charge < -0.3 is 20.1 Å². The molecule has 1 atom stereocenters. The number of aliphatic hydroxyl groups is 1. The molecule has 0 bridgehead atoms. The number of hydrogen-bond acceptors (Lipinski definition) is 4. The van der Waals surface area contributed by atoms with E-state index in [4.69, 9.17) is 10.5 Å². The molecule has 0 aliphatic rings. The van der Waals surface area contributed by atoms with Gasteiger partial charge in [-0.25, -0.2) is 4.98 Å².